The highest BCUT2D eigenvalue weighted by molar-refractivity contribution is 6.29. The molecule has 1 aliphatic heterocycles. The third-order valence-electron chi connectivity index (χ3n) is 5.01. The minimum Gasteiger partial charge on any atom is -0.369 e. The van der Waals surface area contributed by atoms with Gasteiger partial charge in [0.25, 0.3) is 0 Å². The Labute approximate surface area is 166 Å². The van der Waals surface area contributed by atoms with E-state index in [1.807, 2.05) is 11.6 Å². The maximum Gasteiger partial charge on any atom is 0.212 e. The summed E-state index contributed by atoms with van der Waals surface area (Å²) in [5.41, 5.74) is 2.30. The lowest BCUT2D eigenvalue weighted by Gasteiger charge is -2.34. The highest BCUT2D eigenvalue weighted by atomic mass is 35.5. The van der Waals surface area contributed by atoms with Crippen LogP contribution in [0, 0.1) is 17.3 Å². The summed E-state index contributed by atoms with van der Waals surface area (Å²) in [4.78, 5) is 10.3. The Morgan fingerprint density at radius 3 is 2.68 bits per heavy atom. The molecule has 9 heteroatoms. The molecule has 3 aromatic rings. The molecule has 0 unspecified atom stereocenters. The van der Waals surface area contributed by atoms with Crippen molar-refractivity contribution in [3.8, 4) is 17.3 Å². The lowest BCUT2D eigenvalue weighted by molar-refractivity contribution is 0.474. The minimum atomic E-state index is -0.572. The second-order valence-corrected chi connectivity index (χ2v) is 7.12. The zero-order valence-electron chi connectivity index (χ0n) is 15.2. The molecule has 1 aliphatic rings. The van der Waals surface area contributed by atoms with Crippen LogP contribution in [0.1, 0.15) is 30.1 Å². The second-order valence-electron chi connectivity index (χ2n) is 6.73. The molecule has 0 saturated carbocycles. The first-order valence-corrected chi connectivity index (χ1v) is 9.26. The maximum absolute atomic E-state index is 13.3. The van der Waals surface area contributed by atoms with E-state index in [9.17, 15) is 9.65 Å². The molecule has 28 heavy (non-hydrogen) atoms. The zero-order valence-corrected chi connectivity index (χ0v) is 15.9. The maximum atomic E-state index is 13.3. The Kier molecular flexibility index (Phi) is 4.92. The number of nitrogens with zero attached hydrogens (tertiary/aromatic N) is 7. The average molecular weight is 398 g/mol. The average Bonchev–Trinajstić information content (AvgIpc) is 3.14. The van der Waals surface area contributed by atoms with Crippen LogP contribution in [0.15, 0.2) is 30.7 Å². The largest absolute Gasteiger partial charge is 0.369 e. The Balaban J connectivity index is 1.68. The number of anilines is 1. The van der Waals surface area contributed by atoms with Crippen LogP contribution in [-0.2, 0) is 7.05 Å². The van der Waals surface area contributed by atoms with Crippen molar-refractivity contribution in [2.75, 3.05) is 18.0 Å². The van der Waals surface area contributed by atoms with Crippen LogP contribution in [0.25, 0.3) is 11.3 Å². The van der Waals surface area contributed by atoms with Crippen LogP contribution in [0.5, 0.6) is 0 Å². The fourth-order valence-corrected chi connectivity index (χ4v) is 3.85. The van der Waals surface area contributed by atoms with E-state index in [1.165, 1.54) is 12.3 Å². The molecule has 0 amide bonds. The first-order valence-electron chi connectivity index (χ1n) is 8.88. The molecular formula is C19H17ClFN7. The topological polar surface area (TPSA) is 83.5 Å². The van der Waals surface area contributed by atoms with Gasteiger partial charge < -0.3 is 9.47 Å². The fourth-order valence-electron chi connectivity index (χ4n) is 3.65. The molecule has 0 bridgehead atoms. The summed E-state index contributed by atoms with van der Waals surface area (Å²) in [6.45, 7) is 1.47. The molecule has 7 nitrogen and oxygen atoms in total. The van der Waals surface area contributed by atoms with Gasteiger partial charge in [-0.25, -0.2) is 9.97 Å². The molecule has 0 atom stereocenters. The third-order valence-corrected chi connectivity index (χ3v) is 5.20. The Hall–Kier alpha value is -3.05. The first-order chi connectivity index (χ1) is 13.6. The van der Waals surface area contributed by atoms with Gasteiger partial charge in [-0.1, -0.05) is 11.6 Å². The number of halogens is 2. The summed E-state index contributed by atoms with van der Waals surface area (Å²) < 4.78 is 15.2. The van der Waals surface area contributed by atoms with Crippen LogP contribution >= 0.6 is 11.6 Å². The van der Waals surface area contributed by atoms with Crippen molar-refractivity contribution in [3.63, 3.8) is 0 Å². The number of piperidine rings is 1. The summed E-state index contributed by atoms with van der Waals surface area (Å²) in [6, 6.07) is 6.64. The van der Waals surface area contributed by atoms with Crippen molar-refractivity contribution in [2.45, 2.75) is 18.8 Å². The minimum absolute atomic E-state index is 0.216. The van der Waals surface area contributed by atoms with Gasteiger partial charge in [0.05, 0.1) is 16.9 Å². The van der Waals surface area contributed by atoms with Gasteiger partial charge in [-0.3, -0.25) is 0 Å². The predicted molar refractivity (Wildman–Crippen MR) is 102 cm³/mol. The Morgan fingerprint density at radius 2 is 2.07 bits per heavy atom. The summed E-state index contributed by atoms with van der Waals surface area (Å²) in [5, 5.41) is 18.1. The first kappa shape index (κ1) is 18.3. The van der Waals surface area contributed by atoms with E-state index in [0.717, 1.165) is 31.8 Å². The number of pyridine rings is 2. The number of nitriles is 1. The second kappa shape index (κ2) is 7.52. The quantitative estimate of drug-likeness (QED) is 0.630. The smallest absolute Gasteiger partial charge is 0.212 e. The lowest BCUT2D eigenvalue weighted by atomic mass is 9.94. The van der Waals surface area contributed by atoms with Gasteiger partial charge in [-0.05, 0) is 31.0 Å². The monoisotopic (exact) mass is 397 g/mol. The Morgan fingerprint density at radius 1 is 1.29 bits per heavy atom. The van der Waals surface area contributed by atoms with E-state index in [0.29, 0.717) is 28.4 Å². The van der Waals surface area contributed by atoms with Crippen molar-refractivity contribution >= 4 is 17.3 Å². The van der Waals surface area contributed by atoms with Crippen molar-refractivity contribution < 1.29 is 4.39 Å². The van der Waals surface area contributed by atoms with Gasteiger partial charge in [0.1, 0.15) is 23.4 Å². The summed E-state index contributed by atoms with van der Waals surface area (Å²) in [6.07, 6.45) is 4.87. The molecule has 0 N–H and O–H groups in total. The van der Waals surface area contributed by atoms with Gasteiger partial charge in [-0.2, -0.15) is 9.65 Å². The van der Waals surface area contributed by atoms with Crippen molar-refractivity contribution in [1.29, 1.82) is 5.26 Å². The van der Waals surface area contributed by atoms with Gasteiger partial charge >= 0.3 is 0 Å². The number of rotatable bonds is 3. The zero-order chi connectivity index (χ0) is 19.7. The molecular weight excluding hydrogens is 381 g/mol. The number of hydrogen-bond donors (Lipinski definition) is 0. The molecule has 0 spiro atoms. The summed E-state index contributed by atoms with van der Waals surface area (Å²) >= 11 is 6.14. The molecule has 1 fully saturated rings. The van der Waals surface area contributed by atoms with E-state index in [2.05, 4.69) is 31.1 Å². The molecule has 142 valence electrons. The van der Waals surface area contributed by atoms with Gasteiger partial charge in [0.2, 0.25) is 5.95 Å². The van der Waals surface area contributed by atoms with Crippen molar-refractivity contribution in [1.82, 2.24) is 24.7 Å². The van der Waals surface area contributed by atoms with E-state index in [4.69, 9.17) is 11.6 Å². The molecule has 1 saturated heterocycles. The lowest BCUT2D eigenvalue weighted by Crippen LogP contribution is -2.34. The van der Waals surface area contributed by atoms with Crippen LogP contribution < -0.4 is 4.90 Å². The van der Waals surface area contributed by atoms with Crippen molar-refractivity contribution in [2.24, 2.45) is 7.05 Å². The molecule has 0 aliphatic carbocycles. The van der Waals surface area contributed by atoms with Crippen LogP contribution in [0.2, 0.25) is 5.15 Å². The van der Waals surface area contributed by atoms with Crippen LogP contribution in [-0.4, -0.2) is 37.8 Å². The highest BCUT2D eigenvalue weighted by Crippen LogP contribution is 2.37. The SMILES string of the molecule is Cn1cnnc1C1CCN(c2c(C#N)cc(Cl)nc2-c2ccc(F)nc2)CC1. The van der Waals surface area contributed by atoms with E-state index in [-0.39, 0.29) is 5.15 Å². The van der Waals surface area contributed by atoms with Gasteiger partial charge in [0.15, 0.2) is 0 Å². The summed E-state index contributed by atoms with van der Waals surface area (Å²) in [7, 11) is 1.94. The summed E-state index contributed by atoms with van der Waals surface area (Å²) in [5.74, 6) is 0.708. The fraction of sp³-hybridized carbons (Fsp3) is 0.316. The molecule has 4 heterocycles. The van der Waals surface area contributed by atoms with Crippen LogP contribution in [0.4, 0.5) is 10.1 Å². The molecule has 4 rings (SSSR count). The van der Waals surface area contributed by atoms with E-state index in [1.54, 1.807) is 18.5 Å². The van der Waals surface area contributed by atoms with E-state index < -0.39 is 5.95 Å². The highest BCUT2D eigenvalue weighted by Gasteiger charge is 2.27. The predicted octanol–water partition coefficient (Wildman–Crippen LogP) is 3.32. The standard InChI is InChI=1S/C19H17ClFN7/c1-27-11-24-26-19(27)12-4-6-28(7-5-12)18-14(9-22)8-15(20)25-17(18)13-2-3-16(21)23-10-13/h2-3,8,10-12H,4-7H2,1H3. The van der Waals surface area contributed by atoms with Crippen molar-refractivity contribution in [3.05, 3.63) is 53.2 Å². The van der Waals surface area contributed by atoms with Gasteiger partial charge in [0, 0.05) is 37.8 Å². The number of aromatic nitrogens is 5. The van der Waals surface area contributed by atoms with Crippen LogP contribution in [0.3, 0.4) is 0 Å². The van der Waals surface area contributed by atoms with Gasteiger partial charge in [-0.15, -0.1) is 10.2 Å². The molecule has 3 aromatic heterocycles. The molecule has 0 aromatic carbocycles. The number of aryl methyl sites for hydroxylation is 1. The molecule has 0 radical (unpaired) electrons. The third kappa shape index (κ3) is 3.41. The normalized spacial score (nSPS) is 14.9. The number of hydrogen-bond acceptors (Lipinski definition) is 6. The Bertz CT molecular complexity index is 1030. The van der Waals surface area contributed by atoms with E-state index >= 15 is 0 Å².